The number of anilines is 1. The SMILES string of the molecule is Nc1ncnc2c(CN[C@H](CO)CSCc3ccccc3)c[nH]c12. The predicted octanol–water partition coefficient (Wildman–Crippen LogP) is 1.92. The van der Waals surface area contributed by atoms with Gasteiger partial charge in [-0.2, -0.15) is 11.8 Å². The third kappa shape index (κ3) is 4.05. The van der Waals surface area contributed by atoms with Crippen LogP contribution in [0.4, 0.5) is 5.82 Å². The van der Waals surface area contributed by atoms with Gasteiger partial charge in [0.25, 0.3) is 0 Å². The van der Waals surface area contributed by atoms with Crippen molar-refractivity contribution in [2.75, 3.05) is 18.1 Å². The number of nitrogens with zero attached hydrogens (tertiary/aromatic N) is 2. The quantitative estimate of drug-likeness (QED) is 0.499. The standard InChI is InChI=1S/C17H21N5OS/c18-17-16-15(21-11-22-17)13(7-20-16)6-19-14(8-23)10-24-9-12-4-2-1-3-5-12/h1-5,7,11,14,19-20,23H,6,8-10H2,(H2,18,21,22)/t14-/m1/s1. The summed E-state index contributed by atoms with van der Waals surface area (Å²) in [6, 6.07) is 10.4. The lowest BCUT2D eigenvalue weighted by Crippen LogP contribution is -2.34. The highest BCUT2D eigenvalue weighted by atomic mass is 32.2. The van der Waals surface area contributed by atoms with E-state index in [4.69, 9.17) is 5.73 Å². The number of thioether (sulfide) groups is 1. The zero-order valence-electron chi connectivity index (χ0n) is 13.3. The molecule has 0 saturated carbocycles. The summed E-state index contributed by atoms with van der Waals surface area (Å²) in [7, 11) is 0. The largest absolute Gasteiger partial charge is 0.395 e. The number of rotatable bonds is 8. The van der Waals surface area contributed by atoms with Crippen LogP contribution >= 0.6 is 11.8 Å². The van der Waals surface area contributed by atoms with Crippen LogP contribution in [0.2, 0.25) is 0 Å². The molecule has 126 valence electrons. The fraction of sp³-hybridized carbons (Fsp3) is 0.294. The molecule has 0 bridgehead atoms. The van der Waals surface area contributed by atoms with Crippen molar-refractivity contribution in [2.45, 2.75) is 18.3 Å². The molecule has 6 nitrogen and oxygen atoms in total. The molecule has 7 heteroatoms. The molecule has 5 N–H and O–H groups in total. The van der Waals surface area contributed by atoms with Crippen LogP contribution in [-0.2, 0) is 12.3 Å². The lowest BCUT2D eigenvalue weighted by Gasteiger charge is -2.15. The molecule has 2 aromatic heterocycles. The molecule has 3 rings (SSSR count). The van der Waals surface area contributed by atoms with E-state index in [0.29, 0.717) is 12.4 Å². The predicted molar refractivity (Wildman–Crippen MR) is 98.6 cm³/mol. The highest BCUT2D eigenvalue weighted by Gasteiger charge is 2.11. The van der Waals surface area contributed by atoms with Crippen LogP contribution in [0.5, 0.6) is 0 Å². The summed E-state index contributed by atoms with van der Waals surface area (Å²) < 4.78 is 0. The maximum Gasteiger partial charge on any atom is 0.151 e. The average molecular weight is 343 g/mol. The van der Waals surface area contributed by atoms with E-state index < -0.39 is 0 Å². The number of aliphatic hydroxyl groups is 1. The Bertz CT molecular complexity index is 777. The van der Waals surface area contributed by atoms with Gasteiger partial charge in [0.2, 0.25) is 0 Å². The third-order valence-corrected chi connectivity index (χ3v) is 4.98. The lowest BCUT2D eigenvalue weighted by molar-refractivity contribution is 0.253. The molecule has 0 amide bonds. The molecule has 2 heterocycles. The zero-order valence-corrected chi connectivity index (χ0v) is 14.1. The second-order valence-corrected chi connectivity index (χ2v) is 6.59. The second-order valence-electron chi connectivity index (χ2n) is 5.56. The normalized spacial score (nSPS) is 12.5. The molecule has 1 aromatic carbocycles. The Morgan fingerprint density at radius 3 is 2.88 bits per heavy atom. The Kier molecular flexibility index (Phi) is 5.68. The first-order chi connectivity index (χ1) is 11.8. The Hall–Kier alpha value is -2.09. The average Bonchev–Trinajstić information content (AvgIpc) is 3.03. The van der Waals surface area contributed by atoms with Gasteiger partial charge in [0, 0.05) is 35.9 Å². The first kappa shape index (κ1) is 16.8. The molecule has 0 spiro atoms. The Morgan fingerprint density at radius 2 is 2.08 bits per heavy atom. The zero-order chi connectivity index (χ0) is 16.8. The molecule has 3 aromatic rings. The van der Waals surface area contributed by atoms with Crippen molar-refractivity contribution < 1.29 is 5.11 Å². The fourth-order valence-electron chi connectivity index (χ4n) is 2.47. The van der Waals surface area contributed by atoms with E-state index in [-0.39, 0.29) is 12.6 Å². The number of fused-ring (bicyclic) bond motifs is 1. The number of nitrogens with one attached hydrogen (secondary N) is 2. The first-order valence-electron chi connectivity index (χ1n) is 7.80. The molecule has 0 unspecified atom stereocenters. The molecule has 1 atom stereocenters. The second kappa shape index (κ2) is 8.14. The van der Waals surface area contributed by atoms with Gasteiger partial charge < -0.3 is 21.1 Å². The number of aliphatic hydroxyl groups excluding tert-OH is 1. The number of nitrogen functional groups attached to an aromatic ring is 1. The van der Waals surface area contributed by atoms with Crippen LogP contribution in [0.15, 0.2) is 42.9 Å². The number of nitrogens with two attached hydrogens (primary N) is 1. The summed E-state index contributed by atoms with van der Waals surface area (Å²) in [4.78, 5) is 11.4. The van der Waals surface area contributed by atoms with Crippen LogP contribution in [0, 0.1) is 0 Å². The highest BCUT2D eigenvalue weighted by molar-refractivity contribution is 7.98. The van der Waals surface area contributed by atoms with Crippen LogP contribution in [0.1, 0.15) is 11.1 Å². The molecule has 0 radical (unpaired) electrons. The van der Waals surface area contributed by atoms with E-state index in [0.717, 1.165) is 28.1 Å². The fourth-order valence-corrected chi connectivity index (χ4v) is 3.52. The van der Waals surface area contributed by atoms with Gasteiger partial charge in [-0.05, 0) is 5.56 Å². The minimum atomic E-state index is 0.0304. The van der Waals surface area contributed by atoms with E-state index in [1.54, 1.807) is 11.8 Å². The van der Waals surface area contributed by atoms with Crippen LogP contribution in [-0.4, -0.2) is 38.5 Å². The molecule has 0 saturated heterocycles. The number of benzene rings is 1. The van der Waals surface area contributed by atoms with Gasteiger partial charge in [0.1, 0.15) is 11.8 Å². The van der Waals surface area contributed by atoms with Crippen LogP contribution < -0.4 is 11.1 Å². The minimum Gasteiger partial charge on any atom is -0.395 e. The minimum absolute atomic E-state index is 0.0304. The first-order valence-corrected chi connectivity index (χ1v) is 8.95. The third-order valence-electron chi connectivity index (χ3n) is 3.80. The number of hydrogen-bond donors (Lipinski definition) is 4. The van der Waals surface area contributed by atoms with E-state index in [1.165, 1.54) is 11.9 Å². The monoisotopic (exact) mass is 343 g/mol. The molecule has 0 aliphatic carbocycles. The summed E-state index contributed by atoms with van der Waals surface area (Å²) in [5.41, 5.74) is 9.72. The van der Waals surface area contributed by atoms with Crippen LogP contribution in [0.3, 0.4) is 0 Å². The molecule has 0 fully saturated rings. The topological polar surface area (TPSA) is 99.8 Å². The molecule has 24 heavy (non-hydrogen) atoms. The summed E-state index contributed by atoms with van der Waals surface area (Å²) in [5.74, 6) is 2.23. The van der Waals surface area contributed by atoms with Gasteiger partial charge in [0.05, 0.1) is 12.1 Å². The summed E-state index contributed by atoms with van der Waals surface area (Å²) in [6.45, 7) is 0.717. The molecule has 0 aliphatic heterocycles. The van der Waals surface area contributed by atoms with E-state index in [1.807, 2.05) is 24.4 Å². The van der Waals surface area contributed by atoms with Crippen molar-refractivity contribution in [1.29, 1.82) is 0 Å². The summed E-state index contributed by atoms with van der Waals surface area (Å²) in [6.07, 6.45) is 3.35. The van der Waals surface area contributed by atoms with Crippen molar-refractivity contribution >= 4 is 28.6 Å². The van der Waals surface area contributed by atoms with E-state index >= 15 is 0 Å². The van der Waals surface area contributed by atoms with Crippen molar-refractivity contribution in [1.82, 2.24) is 20.3 Å². The van der Waals surface area contributed by atoms with E-state index in [2.05, 4.69) is 32.4 Å². The Balaban J connectivity index is 1.52. The lowest BCUT2D eigenvalue weighted by atomic mass is 10.2. The smallest absolute Gasteiger partial charge is 0.151 e. The number of H-pyrrole nitrogens is 1. The van der Waals surface area contributed by atoms with Gasteiger partial charge in [-0.1, -0.05) is 30.3 Å². The molecular weight excluding hydrogens is 322 g/mol. The number of aromatic amines is 1. The van der Waals surface area contributed by atoms with Gasteiger partial charge in [-0.25, -0.2) is 9.97 Å². The van der Waals surface area contributed by atoms with Gasteiger partial charge in [-0.15, -0.1) is 0 Å². The summed E-state index contributed by atoms with van der Waals surface area (Å²) >= 11 is 1.81. The van der Waals surface area contributed by atoms with Gasteiger partial charge >= 0.3 is 0 Å². The van der Waals surface area contributed by atoms with Gasteiger partial charge in [0.15, 0.2) is 5.82 Å². The highest BCUT2D eigenvalue weighted by Crippen LogP contribution is 2.19. The van der Waals surface area contributed by atoms with Crippen molar-refractivity contribution in [3.8, 4) is 0 Å². The number of aromatic nitrogens is 3. The molecular formula is C17H21N5OS. The van der Waals surface area contributed by atoms with E-state index in [9.17, 15) is 5.11 Å². The van der Waals surface area contributed by atoms with Crippen molar-refractivity contribution in [3.05, 3.63) is 54.0 Å². The van der Waals surface area contributed by atoms with Crippen molar-refractivity contribution in [2.24, 2.45) is 0 Å². The number of hydrogen-bond acceptors (Lipinski definition) is 6. The van der Waals surface area contributed by atoms with Gasteiger partial charge in [-0.3, -0.25) is 0 Å². The Labute approximate surface area is 144 Å². The maximum atomic E-state index is 9.58. The molecule has 0 aliphatic rings. The van der Waals surface area contributed by atoms with Crippen molar-refractivity contribution in [3.63, 3.8) is 0 Å². The summed E-state index contributed by atoms with van der Waals surface area (Å²) in [5, 5.41) is 13.0. The Morgan fingerprint density at radius 1 is 1.25 bits per heavy atom. The van der Waals surface area contributed by atoms with Crippen LogP contribution in [0.25, 0.3) is 11.0 Å². The maximum absolute atomic E-state index is 9.58.